The van der Waals surface area contributed by atoms with E-state index < -0.39 is 0 Å². The fraction of sp³-hybridized carbons (Fsp3) is 0.571. The fourth-order valence-corrected chi connectivity index (χ4v) is 2.58. The van der Waals surface area contributed by atoms with Crippen molar-refractivity contribution >= 4 is 0 Å². The van der Waals surface area contributed by atoms with Gasteiger partial charge in [0.25, 0.3) is 0 Å². The van der Waals surface area contributed by atoms with Crippen LogP contribution in [0.5, 0.6) is 17.2 Å². The molecule has 5 heteroatoms. The van der Waals surface area contributed by atoms with Gasteiger partial charge >= 0.3 is 0 Å². The summed E-state index contributed by atoms with van der Waals surface area (Å²) in [5, 5.41) is 13.2. The van der Waals surface area contributed by atoms with E-state index in [2.05, 4.69) is 5.32 Å². The van der Waals surface area contributed by atoms with Gasteiger partial charge in [0.15, 0.2) is 11.5 Å². The first-order valence-electron chi connectivity index (χ1n) is 6.58. The Kier molecular flexibility index (Phi) is 4.50. The fourth-order valence-electron chi connectivity index (χ4n) is 2.58. The molecule has 0 amide bonds. The van der Waals surface area contributed by atoms with Crippen LogP contribution >= 0.6 is 0 Å². The minimum Gasteiger partial charge on any atom is -0.502 e. The molecule has 1 aliphatic heterocycles. The van der Waals surface area contributed by atoms with E-state index in [4.69, 9.17) is 15.2 Å². The summed E-state index contributed by atoms with van der Waals surface area (Å²) < 4.78 is 10.3. The number of methoxy groups -OCH3 is 2. The lowest BCUT2D eigenvalue weighted by atomic mass is 9.86. The van der Waals surface area contributed by atoms with Gasteiger partial charge in [0.2, 0.25) is 5.75 Å². The van der Waals surface area contributed by atoms with Crippen molar-refractivity contribution in [2.75, 3.05) is 27.3 Å². The zero-order chi connectivity index (χ0) is 13.8. The summed E-state index contributed by atoms with van der Waals surface area (Å²) in [6.45, 7) is 2.01. The van der Waals surface area contributed by atoms with E-state index in [0.29, 0.717) is 17.4 Å². The number of phenolic OH excluding ortho intramolecular Hbond substituents is 1. The molecule has 1 aromatic carbocycles. The summed E-state index contributed by atoms with van der Waals surface area (Å²) in [6, 6.07) is 3.53. The molecule has 2 rings (SSSR count). The van der Waals surface area contributed by atoms with Crippen molar-refractivity contribution in [3.63, 3.8) is 0 Å². The zero-order valence-electron chi connectivity index (χ0n) is 11.5. The highest BCUT2D eigenvalue weighted by molar-refractivity contribution is 5.53. The summed E-state index contributed by atoms with van der Waals surface area (Å²) in [5.41, 5.74) is 7.29. The molecule has 106 valence electrons. The van der Waals surface area contributed by atoms with Gasteiger partial charge in [-0.05, 0) is 49.5 Å². The topological polar surface area (TPSA) is 76.7 Å². The number of aromatic hydroxyl groups is 1. The minimum absolute atomic E-state index is 0.0197. The molecule has 0 aromatic heterocycles. The van der Waals surface area contributed by atoms with Crippen molar-refractivity contribution in [3.05, 3.63) is 17.7 Å². The average Bonchev–Trinajstić information content (AvgIpc) is 2.47. The SMILES string of the molecule is COc1cc([C@H](N)C2CCNCC2)cc(OC)c1O. The van der Waals surface area contributed by atoms with Gasteiger partial charge in [-0.15, -0.1) is 0 Å². The van der Waals surface area contributed by atoms with Crippen molar-refractivity contribution in [1.82, 2.24) is 5.32 Å². The van der Waals surface area contributed by atoms with E-state index in [-0.39, 0.29) is 11.8 Å². The van der Waals surface area contributed by atoms with E-state index in [0.717, 1.165) is 31.5 Å². The molecule has 0 aliphatic carbocycles. The first-order chi connectivity index (χ1) is 9.17. The van der Waals surface area contributed by atoms with Crippen molar-refractivity contribution in [3.8, 4) is 17.2 Å². The average molecular weight is 266 g/mol. The monoisotopic (exact) mass is 266 g/mol. The van der Waals surface area contributed by atoms with Gasteiger partial charge in [0, 0.05) is 6.04 Å². The zero-order valence-corrected chi connectivity index (χ0v) is 11.5. The lowest BCUT2D eigenvalue weighted by molar-refractivity contribution is 0.315. The highest BCUT2D eigenvalue weighted by Gasteiger charge is 2.24. The van der Waals surface area contributed by atoms with Gasteiger partial charge in [-0.25, -0.2) is 0 Å². The summed E-state index contributed by atoms with van der Waals surface area (Å²) in [6.07, 6.45) is 2.12. The molecule has 5 nitrogen and oxygen atoms in total. The van der Waals surface area contributed by atoms with E-state index in [9.17, 15) is 5.11 Å². The smallest absolute Gasteiger partial charge is 0.200 e. The largest absolute Gasteiger partial charge is 0.502 e. The molecular weight excluding hydrogens is 244 g/mol. The Balaban J connectivity index is 2.27. The number of nitrogens with one attached hydrogen (secondary N) is 1. The van der Waals surface area contributed by atoms with Crippen LogP contribution in [0.1, 0.15) is 24.4 Å². The van der Waals surface area contributed by atoms with Crippen LogP contribution in [-0.4, -0.2) is 32.4 Å². The van der Waals surface area contributed by atoms with Crippen LogP contribution in [0.25, 0.3) is 0 Å². The molecule has 1 fully saturated rings. The van der Waals surface area contributed by atoms with Crippen molar-refractivity contribution < 1.29 is 14.6 Å². The predicted octanol–water partition coefficient (Wildman–Crippen LogP) is 1.41. The Morgan fingerprint density at radius 2 is 1.74 bits per heavy atom. The van der Waals surface area contributed by atoms with E-state index >= 15 is 0 Å². The number of phenols is 1. The van der Waals surface area contributed by atoms with Crippen LogP contribution in [0.15, 0.2) is 12.1 Å². The number of ether oxygens (including phenoxy) is 2. The van der Waals surface area contributed by atoms with Crippen molar-refractivity contribution in [2.45, 2.75) is 18.9 Å². The molecule has 19 heavy (non-hydrogen) atoms. The predicted molar refractivity (Wildman–Crippen MR) is 73.7 cm³/mol. The van der Waals surface area contributed by atoms with E-state index in [1.54, 1.807) is 12.1 Å². The third kappa shape index (κ3) is 2.93. The normalized spacial score (nSPS) is 18.1. The summed E-state index contributed by atoms with van der Waals surface area (Å²) in [4.78, 5) is 0. The van der Waals surface area contributed by atoms with Crippen LogP contribution in [-0.2, 0) is 0 Å². The Labute approximate surface area is 113 Å². The molecule has 0 saturated carbocycles. The van der Waals surface area contributed by atoms with Gasteiger partial charge in [-0.3, -0.25) is 0 Å². The molecule has 1 heterocycles. The van der Waals surface area contributed by atoms with Crippen molar-refractivity contribution in [2.24, 2.45) is 11.7 Å². The van der Waals surface area contributed by atoms with Gasteiger partial charge in [0.05, 0.1) is 14.2 Å². The number of benzene rings is 1. The van der Waals surface area contributed by atoms with Gasteiger partial charge in [-0.1, -0.05) is 0 Å². The highest BCUT2D eigenvalue weighted by Crippen LogP contribution is 2.40. The van der Waals surface area contributed by atoms with Gasteiger partial charge in [0.1, 0.15) is 0 Å². The summed E-state index contributed by atoms with van der Waals surface area (Å²) in [7, 11) is 3.04. The summed E-state index contributed by atoms with van der Waals surface area (Å²) >= 11 is 0. The maximum Gasteiger partial charge on any atom is 0.200 e. The van der Waals surface area contributed by atoms with Crippen LogP contribution in [0.2, 0.25) is 0 Å². The molecule has 1 atom stereocenters. The second-order valence-corrected chi connectivity index (χ2v) is 4.89. The number of hydrogen-bond donors (Lipinski definition) is 3. The molecule has 0 bridgehead atoms. The first kappa shape index (κ1) is 14.0. The molecule has 4 N–H and O–H groups in total. The quantitative estimate of drug-likeness (QED) is 0.768. The molecule has 0 spiro atoms. The number of hydrogen-bond acceptors (Lipinski definition) is 5. The second kappa shape index (κ2) is 6.12. The first-order valence-corrected chi connectivity index (χ1v) is 6.58. The second-order valence-electron chi connectivity index (χ2n) is 4.89. The van der Waals surface area contributed by atoms with Gasteiger partial charge < -0.3 is 25.6 Å². The Bertz CT molecular complexity index is 406. The van der Waals surface area contributed by atoms with Gasteiger partial charge in [-0.2, -0.15) is 0 Å². The summed E-state index contributed by atoms with van der Waals surface area (Å²) in [5.74, 6) is 1.27. The molecule has 1 saturated heterocycles. The standard InChI is InChI=1S/C14H22N2O3/c1-18-11-7-10(8-12(19-2)14(11)17)13(15)9-3-5-16-6-4-9/h7-9,13,16-17H,3-6,15H2,1-2H3/t13-/m1/s1. The molecule has 1 aromatic rings. The maximum atomic E-state index is 9.90. The maximum absolute atomic E-state index is 9.90. The molecular formula is C14H22N2O3. The van der Waals surface area contributed by atoms with Crippen molar-refractivity contribution in [1.29, 1.82) is 0 Å². The third-order valence-corrected chi connectivity index (χ3v) is 3.78. The molecule has 0 radical (unpaired) electrons. The van der Waals surface area contributed by atoms with Crippen LogP contribution in [0.3, 0.4) is 0 Å². The van der Waals surface area contributed by atoms with E-state index in [1.165, 1.54) is 14.2 Å². The van der Waals surface area contributed by atoms with Crippen LogP contribution in [0.4, 0.5) is 0 Å². The highest BCUT2D eigenvalue weighted by atomic mass is 16.5. The van der Waals surface area contributed by atoms with E-state index in [1.807, 2.05) is 0 Å². The number of nitrogens with two attached hydrogens (primary N) is 1. The third-order valence-electron chi connectivity index (χ3n) is 3.78. The Hall–Kier alpha value is -1.46. The molecule has 0 unspecified atom stereocenters. The lowest BCUT2D eigenvalue weighted by Gasteiger charge is -2.28. The number of piperidine rings is 1. The minimum atomic E-state index is -0.0644. The Morgan fingerprint density at radius 1 is 1.21 bits per heavy atom. The molecule has 1 aliphatic rings. The number of rotatable bonds is 4. The Morgan fingerprint density at radius 3 is 2.21 bits per heavy atom. The lowest BCUT2D eigenvalue weighted by Crippen LogP contribution is -2.33. The van der Waals surface area contributed by atoms with Crippen LogP contribution in [0, 0.1) is 5.92 Å². The van der Waals surface area contributed by atoms with Crippen LogP contribution < -0.4 is 20.5 Å².